The molecule has 0 bridgehead atoms. The maximum absolute atomic E-state index is 12.6. The van der Waals surface area contributed by atoms with E-state index in [1.54, 1.807) is 0 Å². The maximum Gasteiger partial charge on any atom is 0.236 e. The second-order valence-electron chi connectivity index (χ2n) is 7.05. The van der Waals surface area contributed by atoms with E-state index in [9.17, 15) is 4.79 Å². The molecule has 0 radical (unpaired) electrons. The van der Waals surface area contributed by atoms with Crippen LogP contribution in [0.1, 0.15) is 25.8 Å². The zero-order valence-electron chi connectivity index (χ0n) is 15.0. The first-order chi connectivity index (χ1) is 11.1. The average molecular weight is 354 g/mol. The number of halogens is 1. The van der Waals surface area contributed by atoms with Gasteiger partial charge in [0.25, 0.3) is 0 Å². The highest BCUT2D eigenvalue weighted by molar-refractivity contribution is 5.85. The van der Waals surface area contributed by atoms with Crippen molar-refractivity contribution < 1.29 is 4.79 Å². The van der Waals surface area contributed by atoms with E-state index in [0.29, 0.717) is 24.9 Å². The molecule has 1 aliphatic heterocycles. The van der Waals surface area contributed by atoms with Crippen molar-refractivity contribution in [3.05, 3.63) is 35.9 Å². The molecule has 0 saturated carbocycles. The van der Waals surface area contributed by atoms with Gasteiger partial charge in [-0.3, -0.25) is 9.69 Å². The average Bonchev–Trinajstić information content (AvgIpc) is 2.53. The first-order valence-electron chi connectivity index (χ1n) is 8.82. The number of hydrogen-bond acceptors (Lipinski definition) is 3. The number of carbonyl (C=O) groups excluding carboxylic acids is 1. The molecule has 2 unspecified atom stereocenters. The molecule has 4 nitrogen and oxygen atoms in total. The highest BCUT2D eigenvalue weighted by atomic mass is 35.5. The van der Waals surface area contributed by atoms with E-state index in [4.69, 9.17) is 5.73 Å². The van der Waals surface area contributed by atoms with Gasteiger partial charge in [-0.1, -0.05) is 44.2 Å². The van der Waals surface area contributed by atoms with Gasteiger partial charge in [-0.05, 0) is 30.2 Å². The molecule has 1 heterocycles. The lowest BCUT2D eigenvalue weighted by molar-refractivity contribution is -0.135. The molecule has 1 aromatic rings. The highest BCUT2D eigenvalue weighted by Gasteiger charge is 2.26. The summed E-state index contributed by atoms with van der Waals surface area (Å²) in [7, 11) is 0. The summed E-state index contributed by atoms with van der Waals surface area (Å²) in [6.45, 7) is 9.02. The molecule has 136 valence electrons. The van der Waals surface area contributed by atoms with E-state index in [-0.39, 0.29) is 18.3 Å². The van der Waals surface area contributed by atoms with E-state index in [1.165, 1.54) is 12.0 Å². The smallest absolute Gasteiger partial charge is 0.236 e. The largest absolute Gasteiger partial charge is 0.341 e. The van der Waals surface area contributed by atoms with Gasteiger partial charge in [0.05, 0.1) is 6.54 Å². The van der Waals surface area contributed by atoms with Crippen molar-refractivity contribution in [2.45, 2.75) is 26.7 Å². The molecule has 1 amide bonds. The van der Waals surface area contributed by atoms with Crippen molar-refractivity contribution in [3.63, 3.8) is 0 Å². The van der Waals surface area contributed by atoms with Crippen molar-refractivity contribution >= 4 is 18.3 Å². The van der Waals surface area contributed by atoms with Crippen LogP contribution in [-0.2, 0) is 11.2 Å². The van der Waals surface area contributed by atoms with Crippen LogP contribution in [0.2, 0.25) is 0 Å². The van der Waals surface area contributed by atoms with E-state index in [0.717, 1.165) is 32.6 Å². The van der Waals surface area contributed by atoms with Crippen LogP contribution in [0.25, 0.3) is 0 Å². The normalized spacial score (nSPS) is 20.8. The summed E-state index contributed by atoms with van der Waals surface area (Å²) in [5.74, 6) is 1.47. The third-order valence-corrected chi connectivity index (χ3v) is 4.59. The van der Waals surface area contributed by atoms with E-state index < -0.39 is 0 Å². The molecule has 0 spiro atoms. The van der Waals surface area contributed by atoms with Crippen molar-refractivity contribution in [1.29, 1.82) is 0 Å². The fourth-order valence-electron chi connectivity index (χ4n) is 3.54. The minimum Gasteiger partial charge on any atom is -0.341 e. The maximum atomic E-state index is 12.6. The van der Waals surface area contributed by atoms with Gasteiger partial charge >= 0.3 is 0 Å². The predicted molar refractivity (Wildman–Crippen MR) is 102 cm³/mol. The van der Waals surface area contributed by atoms with Crippen molar-refractivity contribution in [3.8, 4) is 0 Å². The number of nitrogens with two attached hydrogens (primary N) is 1. The van der Waals surface area contributed by atoms with Crippen LogP contribution >= 0.6 is 12.4 Å². The Hall–Kier alpha value is -1.10. The Kier molecular flexibility index (Phi) is 9.34. The van der Waals surface area contributed by atoms with E-state index >= 15 is 0 Å². The zero-order chi connectivity index (χ0) is 16.7. The molecule has 0 aliphatic carbocycles. The molecule has 2 atom stereocenters. The Bertz CT molecular complexity index is 473. The highest BCUT2D eigenvalue weighted by Crippen LogP contribution is 2.21. The minimum absolute atomic E-state index is 0. The first-order valence-corrected chi connectivity index (χ1v) is 8.82. The summed E-state index contributed by atoms with van der Waals surface area (Å²) in [6.07, 6.45) is 2.19. The minimum atomic E-state index is 0. The molecule has 2 N–H and O–H groups in total. The molecule has 1 saturated heterocycles. The molecule has 5 heteroatoms. The van der Waals surface area contributed by atoms with Crippen LogP contribution < -0.4 is 5.73 Å². The monoisotopic (exact) mass is 353 g/mol. The second kappa shape index (κ2) is 10.7. The molecule has 24 heavy (non-hydrogen) atoms. The van der Waals surface area contributed by atoms with Crippen molar-refractivity contribution in [2.24, 2.45) is 17.6 Å². The third kappa shape index (κ3) is 6.80. The number of rotatable bonds is 7. The quantitative estimate of drug-likeness (QED) is 0.819. The number of benzene rings is 1. The molecule has 2 rings (SSSR count). The van der Waals surface area contributed by atoms with Gasteiger partial charge in [0.1, 0.15) is 0 Å². The van der Waals surface area contributed by atoms with E-state index in [2.05, 4.69) is 43.0 Å². The summed E-state index contributed by atoms with van der Waals surface area (Å²) in [5, 5.41) is 0. The molecular formula is C19H32ClN3O. The number of likely N-dealkylation sites (tertiary alicyclic amines) is 1. The molecule has 1 aliphatic rings. The van der Waals surface area contributed by atoms with E-state index in [1.807, 2.05) is 11.0 Å². The Balaban J connectivity index is 0.00000288. The lowest BCUT2D eigenvalue weighted by Gasteiger charge is -2.36. The number of hydrogen-bond donors (Lipinski definition) is 1. The summed E-state index contributed by atoms with van der Waals surface area (Å²) < 4.78 is 0. The molecular weight excluding hydrogens is 322 g/mol. The molecule has 1 fully saturated rings. The Morgan fingerprint density at radius 1 is 1.17 bits per heavy atom. The molecule has 1 aromatic carbocycles. The summed E-state index contributed by atoms with van der Waals surface area (Å²) in [4.78, 5) is 16.9. The Morgan fingerprint density at radius 3 is 2.38 bits per heavy atom. The number of nitrogens with zero attached hydrogens (tertiary/aromatic N) is 2. The number of piperidine rings is 1. The fraction of sp³-hybridized carbons (Fsp3) is 0.632. The van der Waals surface area contributed by atoms with Crippen LogP contribution in [0.15, 0.2) is 30.3 Å². The van der Waals surface area contributed by atoms with Crippen LogP contribution in [0.3, 0.4) is 0 Å². The second-order valence-corrected chi connectivity index (χ2v) is 7.05. The lowest BCUT2D eigenvalue weighted by atomic mass is 9.92. The zero-order valence-corrected chi connectivity index (χ0v) is 15.8. The van der Waals surface area contributed by atoms with Gasteiger partial charge in [0.2, 0.25) is 5.91 Å². The first kappa shape index (κ1) is 20.9. The van der Waals surface area contributed by atoms with Crippen LogP contribution in [0.4, 0.5) is 0 Å². The fourth-order valence-corrected chi connectivity index (χ4v) is 3.54. The standard InChI is InChI=1S/C19H31N3O.ClH/c1-16-12-17(2)14-22(13-16)19(23)15-21(11-9-20)10-8-18-6-4-3-5-7-18;/h3-7,16-17H,8-15,20H2,1-2H3;1H. The SMILES string of the molecule is CC1CC(C)CN(C(=O)CN(CCN)CCc2ccccc2)C1.Cl. The van der Waals surface area contributed by atoms with Gasteiger partial charge < -0.3 is 10.6 Å². The summed E-state index contributed by atoms with van der Waals surface area (Å²) in [6, 6.07) is 10.4. The number of amides is 1. The summed E-state index contributed by atoms with van der Waals surface area (Å²) in [5.41, 5.74) is 7.04. The Morgan fingerprint density at radius 2 is 1.79 bits per heavy atom. The van der Waals surface area contributed by atoms with Gasteiger partial charge in [0.15, 0.2) is 0 Å². The topological polar surface area (TPSA) is 49.6 Å². The van der Waals surface area contributed by atoms with Gasteiger partial charge in [-0.2, -0.15) is 0 Å². The van der Waals surface area contributed by atoms with Crippen molar-refractivity contribution in [1.82, 2.24) is 9.80 Å². The number of carbonyl (C=O) groups is 1. The van der Waals surface area contributed by atoms with Crippen LogP contribution in [-0.4, -0.2) is 55.0 Å². The lowest BCUT2D eigenvalue weighted by Crippen LogP contribution is -2.48. The van der Waals surface area contributed by atoms with Crippen LogP contribution in [0, 0.1) is 11.8 Å². The Labute approximate surface area is 152 Å². The summed E-state index contributed by atoms with van der Waals surface area (Å²) >= 11 is 0. The van der Waals surface area contributed by atoms with Crippen LogP contribution in [0.5, 0.6) is 0 Å². The van der Waals surface area contributed by atoms with Gasteiger partial charge in [-0.25, -0.2) is 0 Å². The van der Waals surface area contributed by atoms with Gasteiger partial charge in [0, 0.05) is 32.7 Å². The third-order valence-electron chi connectivity index (χ3n) is 4.59. The predicted octanol–water partition coefficient (Wildman–Crippen LogP) is 2.42. The van der Waals surface area contributed by atoms with Gasteiger partial charge in [-0.15, -0.1) is 12.4 Å². The molecule has 0 aromatic heterocycles. The van der Waals surface area contributed by atoms with Crippen molar-refractivity contribution in [2.75, 3.05) is 39.3 Å².